The van der Waals surface area contributed by atoms with Crippen molar-refractivity contribution >= 4 is 0 Å². The van der Waals surface area contributed by atoms with Gasteiger partial charge in [-0.3, -0.25) is 4.90 Å². The number of aliphatic hydroxyl groups is 1. The van der Waals surface area contributed by atoms with Crippen LogP contribution in [-0.4, -0.2) is 29.1 Å². The largest absolute Gasteiger partial charge is 0.387 e. The number of hydrogen-bond acceptors (Lipinski definition) is 2. The highest BCUT2D eigenvalue weighted by molar-refractivity contribution is 5.25. The van der Waals surface area contributed by atoms with Crippen molar-refractivity contribution in [1.82, 2.24) is 4.90 Å². The standard InChI is InChI=1S/C18H29NO/c1-4-15-10-12-16(13-11-15)18(20)14(2)19(3)17-8-6-5-7-9-17/h10-14,17-18,20H,4-9H2,1-3H3. The summed E-state index contributed by atoms with van der Waals surface area (Å²) in [5.41, 5.74) is 2.37. The maximum atomic E-state index is 10.6. The van der Waals surface area contributed by atoms with Crippen molar-refractivity contribution in [3.63, 3.8) is 0 Å². The first-order valence-electron chi connectivity index (χ1n) is 8.12. The van der Waals surface area contributed by atoms with E-state index in [0.717, 1.165) is 12.0 Å². The van der Waals surface area contributed by atoms with E-state index in [1.807, 2.05) is 0 Å². The van der Waals surface area contributed by atoms with Gasteiger partial charge in [0.2, 0.25) is 0 Å². The lowest BCUT2D eigenvalue weighted by atomic mass is 9.92. The molecule has 1 fully saturated rings. The first-order chi connectivity index (χ1) is 9.63. The molecule has 1 N–H and O–H groups in total. The maximum absolute atomic E-state index is 10.6. The number of rotatable bonds is 5. The number of hydrogen-bond donors (Lipinski definition) is 1. The molecule has 0 aromatic heterocycles. The number of nitrogens with zero attached hydrogens (tertiary/aromatic N) is 1. The molecule has 1 aromatic carbocycles. The molecule has 2 atom stereocenters. The predicted octanol–water partition coefficient (Wildman–Crippen LogP) is 3.94. The van der Waals surface area contributed by atoms with Gasteiger partial charge >= 0.3 is 0 Å². The molecule has 112 valence electrons. The summed E-state index contributed by atoms with van der Waals surface area (Å²) in [6.45, 7) is 4.30. The monoisotopic (exact) mass is 275 g/mol. The van der Waals surface area contributed by atoms with E-state index < -0.39 is 6.10 Å². The number of likely N-dealkylation sites (N-methyl/N-ethyl adjacent to an activating group) is 1. The smallest absolute Gasteiger partial charge is 0.0942 e. The van der Waals surface area contributed by atoms with Gasteiger partial charge in [-0.15, -0.1) is 0 Å². The Labute approximate surface area is 123 Å². The van der Waals surface area contributed by atoms with Crippen LogP contribution in [-0.2, 0) is 6.42 Å². The van der Waals surface area contributed by atoms with Crippen molar-refractivity contribution in [3.05, 3.63) is 35.4 Å². The van der Waals surface area contributed by atoms with Gasteiger partial charge in [0, 0.05) is 12.1 Å². The van der Waals surface area contributed by atoms with E-state index in [0.29, 0.717) is 6.04 Å². The second-order valence-corrected chi connectivity index (χ2v) is 6.24. The highest BCUT2D eigenvalue weighted by atomic mass is 16.3. The van der Waals surface area contributed by atoms with E-state index in [1.165, 1.54) is 37.7 Å². The molecule has 1 aliphatic carbocycles. The summed E-state index contributed by atoms with van der Waals surface area (Å²) in [5, 5.41) is 10.6. The van der Waals surface area contributed by atoms with Gasteiger partial charge in [-0.05, 0) is 44.4 Å². The Morgan fingerprint density at radius 3 is 2.30 bits per heavy atom. The van der Waals surface area contributed by atoms with Crippen LogP contribution in [0, 0.1) is 0 Å². The van der Waals surface area contributed by atoms with Crippen molar-refractivity contribution in [2.75, 3.05) is 7.05 Å². The molecule has 2 rings (SSSR count). The first kappa shape index (κ1) is 15.5. The van der Waals surface area contributed by atoms with Crippen molar-refractivity contribution < 1.29 is 5.11 Å². The molecule has 0 bridgehead atoms. The van der Waals surface area contributed by atoms with Gasteiger partial charge in [0.15, 0.2) is 0 Å². The zero-order valence-electron chi connectivity index (χ0n) is 13.2. The molecule has 2 unspecified atom stereocenters. The van der Waals surface area contributed by atoms with Gasteiger partial charge in [-0.25, -0.2) is 0 Å². The minimum atomic E-state index is -0.396. The Hall–Kier alpha value is -0.860. The summed E-state index contributed by atoms with van der Waals surface area (Å²) in [5.74, 6) is 0. The Balaban J connectivity index is 2.00. The molecule has 0 radical (unpaired) electrons. The maximum Gasteiger partial charge on any atom is 0.0942 e. The second kappa shape index (κ2) is 7.24. The van der Waals surface area contributed by atoms with Crippen LogP contribution < -0.4 is 0 Å². The zero-order chi connectivity index (χ0) is 14.5. The fraction of sp³-hybridized carbons (Fsp3) is 0.667. The highest BCUT2D eigenvalue weighted by Crippen LogP contribution is 2.27. The van der Waals surface area contributed by atoms with Crippen LogP contribution >= 0.6 is 0 Å². The molecule has 1 aliphatic rings. The summed E-state index contributed by atoms with van der Waals surface area (Å²) in [6, 6.07) is 9.23. The predicted molar refractivity (Wildman–Crippen MR) is 84.9 cm³/mol. The van der Waals surface area contributed by atoms with Crippen LogP contribution in [0.15, 0.2) is 24.3 Å². The topological polar surface area (TPSA) is 23.5 Å². The molecule has 0 aliphatic heterocycles. The van der Waals surface area contributed by atoms with Crippen LogP contribution in [0.25, 0.3) is 0 Å². The lowest BCUT2D eigenvalue weighted by Gasteiger charge is -2.37. The van der Waals surface area contributed by atoms with E-state index in [9.17, 15) is 5.11 Å². The van der Waals surface area contributed by atoms with Gasteiger partial charge in [0.05, 0.1) is 6.10 Å². The summed E-state index contributed by atoms with van der Waals surface area (Å²) >= 11 is 0. The molecule has 0 saturated heterocycles. The van der Waals surface area contributed by atoms with Crippen molar-refractivity contribution in [2.24, 2.45) is 0 Å². The average Bonchev–Trinajstić information content (AvgIpc) is 2.53. The molecule has 1 aromatic rings. The molecule has 0 amide bonds. The lowest BCUT2D eigenvalue weighted by Crippen LogP contribution is -2.42. The quantitative estimate of drug-likeness (QED) is 0.880. The fourth-order valence-corrected chi connectivity index (χ4v) is 3.27. The van der Waals surface area contributed by atoms with E-state index in [-0.39, 0.29) is 6.04 Å². The molecule has 0 heterocycles. The van der Waals surface area contributed by atoms with Crippen molar-refractivity contribution in [1.29, 1.82) is 0 Å². The van der Waals surface area contributed by atoms with Crippen LogP contribution in [0.2, 0.25) is 0 Å². The zero-order valence-corrected chi connectivity index (χ0v) is 13.2. The summed E-state index contributed by atoms with van der Waals surface area (Å²) in [7, 11) is 2.17. The summed E-state index contributed by atoms with van der Waals surface area (Å²) in [4.78, 5) is 2.39. The number of aliphatic hydroxyl groups excluding tert-OH is 1. The average molecular weight is 275 g/mol. The Kier molecular flexibility index (Phi) is 5.62. The first-order valence-corrected chi connectivity index (χ1v) is 8.12. The van der Waals surface area contributed by atoms with Crippen LogP contribution in [0.4, 0.5) is 0 Å². The minimum absolute atomic E-state index is 0.172. The van der Waals surface area contributed by atoms with Crippen LogP contribution in [0.3, 0.4) is 0 Å². The number of benzene rings is 1. The van der Waals surface area contributed by atoms with Gasteiger partial charge in [0.1, 0.15) is 0 Å². The minimum Gasteiger partial charge on any atom is -0.387 e. The Bertz CT molecular complexity index is 394. The SMILES string of the molecule is CCc1ccc(C(O)C(C)N(C)C2CCCCC2)cc1. The van der Waals surface area contributed by atoms with Gasteiger partial charge in [-0.1, -0.05) is 50.5 Å². The molecule has 20 heavy (non-hydrogen) atoms. The van der Waals surface area contributed by atoms with Gasteiger partial charge in [0.25, 0.3) is 0 Å². The van der Waals surface area contributed by atoms with Crippen LogP contribution in [0.5, 0.6) is 0 Å². The van der Waals surface area contributed by atoms with Crippen molar-refractivity contribution in [2.45, 2.75) is 70.6 Å². The molecule has 2 heteroatoms. The lowest BCUT2D eigenvalue weighted by molar-refractivity contribution is 0.0388. The van der Waals surface area contributed by atoms with Crippen molar-refractivity contribution in [3.8, 4) is 0 Å². The van der Waals surface area contributed by atoms with Gasteiger partial charge in [-0.2, -0.15) is 0 Å². The third-order valence-corrected chi connectivity index (χ3v) is 4.98. The highest BCUT2D eigenvalue weighted by Gasteiger charge is 2.26. The molecule has 0 spiro atoms. The van der Waals surface area contributed by atoms with E-state index in [2.05, 4.69) is 50.1 Å². The normalized spacial score (nSPS) is 20.1. The van der Waals surface area contributed by atoms with E-state index >= 15 is 0 Å². The Morgan fingerprint density at radius 1 is 1.15 bits per heavy atom. The summed E-state index contributed by atoms with van der Waals surface area (Å²) in [6.07, 6.45) is 7.26. The molecular formula is C18H29NO. The number of aryl methyl sites for hydroxylation is 1. The van der Waals surface area contributed by atoms with E-state index in [4.69, 9.17) is 0 Å². The van der Waals surface area contributed by atoms with Crippen LogP contribution in [0.1, 0.15) is 63.2 Å². The Morgan fingerprint density at radius 2 is 1.75 bits per heavy atom. The summed E-state index contributed by atoms with van der Waals surface area (Å²) < 4.78 is 0. The molecular weight excluding hydrogens is 246 g/mol. The fourth-order valence-electron chi connectivity index (χ4n) is 3.27. The van der Waals surface area contributed by atoms with E-state index in [1.54, 1.807) is 0 Å². The molecule has 1 saturated carbocycles. The second-order valence-electron chi connectivity index (χ2n) is 6.24. The van der Waals surface area contributed by atoms with Gasteiger partial charge < -0.3 is 5.11 Å². The third-order valence-electron chi connectivity index (χ3n) is 4.98. The third kappa shape index (κ3) is 3.62. The molecule has 2 nitrogen and oxygen atoms in total.